The van der Waals surface area contributed by atoms with Crippen LogP contribution in [-0.2, 0) is 0 Å². The van der Waals surface area contributed by atoms with E-state index < -0.39 is 11.7 Å². The van der Waals surface area contributed by atoms with Crippen molar-refractivity contribution in [3.05, 3.63) is 75.5 Å². The summed E-state index contributed by atoms with van der Waals surface area (Å²) in [5.41, 5.74) is 1.35. The van der Waals surface area contributed by atoms with Crippen molar-refractivity contribution >= 4 is 45.6 Å². The molecule has 2 N–H and O–H groups in total. The Kier molecular flexibility index (Phi) is 5.29. The Morgan fingerprint density at radius 1 is 1.08 bits per heavy atom. The summed E-state index contributed by atoms with van der Waals surface area (Å²) >= 11 is 6.96. The lowest BCUT2D eigenvalue weighted by Gasteiger charge is -2.04. The average Bonchev–Trinajstić information content (AvgIpc) is 2.96. The molecule has 2 amide bonds. The topological polar surface area (TPSA) is 71.1 Å². The molecule has 0 atom stereocenters. The summed E-state index contributed by atoms with van der Waals surface area (Å²) in [4.78, 5) is 29.2. The standard InChI is InChI=1S/C18H13ClFN3O2S/c1-10-15(17(25)22-14-4-2-3-12(19)9-14)26-18(21-10)23-16(24)11-5-7-13(20)8-6-11/h2-9H,1H3,(H,22,25)(H,21,23,24). The Balaban J connectivity index is 1.73. The number of hydrogen-bond donors (Lipinski definition) is 2. The summed E-state index contributed by atoms with van der Waals surface area (Å²) in [6, 6.07) is 11.9. The molecular formula is C18H13ClFN3O2S. The molecule has 2 aromatic carbocycles. The fraction of sp³-hybridized carbons (Fsp3) is 0.0556. The first-order chi connectivity index (χ1) is 12.4. The van der Waals surface area contributed by atoms with Crippen LogP contribution in [0.2, 0.25) is 5.02 Å². The molecule has 0 saturated heterocycles. The third-order valence-corrected chi connectivity index (χ3v) is 4.72. The third-order valence-electron chi connectivity index (χ3n) is 3.41. The zero-order chi connectivity index (χ0) is 18.7. The van der Waals surface area contributed by atoms with Crippen LogP contribution in [0.25, 0.3) is 0 Å². The van der Waals surface area contributed by atoms with E-state index in [-0.39, 0.29) is 11.0 Å². The molecule has 3 aromatic rings. The van der Waals surface area contributed by atoms with Crippen molar-refractivity contribution < 1.29 is 14.0 Å². The zero-order valence-corrected chi connectivity index (χ0v) is 15.1. The number of halogens is 2. The van der Waals surface area contributed by atoms with Gasteiger partial charge >= 0.3 is 0 Å². The minimum atomic E-state index is -0.430. The molecule has 0 saturated carbocycles. The Bertz CT molecular complexity index is 973. The number of nitrogens with one attached hydrogen (secondary N) is 2. The van der Waals surface area contributed by atoms with Crippen molar-refractivity contribution in [3.8, 4) is 0 Å². The monoisotopic (exact) mass is 389 g/mol. The van der Waals surface area contributed by atoms with Gasteiger partial charge in [0.25, 0.3) is 11.8 Å². The number of aromatic nitrogens is 1. The van der Waals surface area contributed by atoms with Crippen molar-refractivity contribution in [1.29, 1.82) is 0 Å². The first kappa shape index (κ1) is 18.0. The number of carbonyl (C=O) groups excluding carboxylic acids is 2. The van der Waals surface area contributed by atoms with Gasteiger partial charge in [-0.2, -0.15) is 0 Å². The number of carbonyl (C=O) groups is 2. The highest BCUT2D eigenvalue weighted by atomic mass is 35.5. The first-order valence-electron chi connectivity index (χ1n) is 7.53. The number of aryl methyl sites for hydroxylation is 1. The molecule has 8 heteroatoms. The molecular weight excluding hydrogens is 377 g/mol. The molecule has 0 fully saturated rings. The van der Waals surface area contributed by atoms with Crippen molar-refractivity contribution in [2.45, 2.75) is 6.92 Å². The van der Waals surface area contributed by atoms with E-state index in [0.29, 0.717) is 26.8 Å². The van der Waals surface area contributed by atoms with Crippen LogP contribution >= 0.6 is 22.9 Å². The smallest absolute Gasteiger partial charge is 0.267 e. The lowest BCUT2D eigenvalue weighted by Crippen LogP contribution is -2.11. The Hall–Kier alpha value is -2.77. The summed E-state index contributed by atoms with van der Waals surface area (Å²) in [6.07, 6.45) is 0. The summed E-state index contributed by atoms with van der Waals surface area (Å²) in [5.74, 6) is -1.20. The maximum absolute atomic E-state index is 12.9. The van der Waals surface area contributed by atoms with Gasteiger partial charge in [0.1, 0.15) is 10.7 Å². The molecule has 0 bridgehead atoms. The molecule has 0 aliphatic carbocycles. The highest BCUT2D eigenvalue weighted by Crippen LogP contribution is 2.25. The van der Waals surface area contributed by atoms with E-state index in [1.54, 1.807) is 31.2 Å². The van der Waals surface area contributed by atoms with Crippen molar-refractivity contribution in [1.82, 2.24) is 4.98 Å². The predicted molar refractivity (Wildman–Crippen MR) is 101 cm³/mol. The molecule has 3 rings (SSSR count). The molecule has 0 spiro atoms. The van der Waals surface area contributed by atoms with Crippen LogP contribution in [0.4, 0.5) is 15.2 Å². The number of anilines is 2. The Morgan fingerprint density at radius 3 is 2.50 bits per heavy atom. The largest absolute Gasteiger partial charge is 0.321 e. The minimum Gasteiger partial charge on any atom is -0.321 e. The number of nitrogens with zero attached hydrogens (tertiary/aromatic N) is 1. The van der Waals surface area contributed by atoms with Crippen LogP contribution in [0.1, 0.15) is 25.7 Å². The van der Waals surface area contributed by atoms with Gasteiger partial charge in [0.2, 0.25) is 0 Å². The van der Waals surface area contributed by atoms with Gasteiger partial charge in [0.15, 0.2) is 5.13 Å². The highest BCUT2D eigenvalue weighted by molar-refractivity contribution is 7.17. The molecule has 0 aliphatic heterocycles. The number of rotatable bonds is 4. The van der Waals surface area contributed by atoms with Crippen LogP contribution < -0.4 is 10.6 Å². The van der Waals surface area contributed by atoms with E-state index in [2.05, 4.69) is 15.6 Å². The van der Waals surface area contributed by atoms with E-state index in [4.69, 9.17) is 11.6 Å². The zero-order valence-electron chi connectivity index (χ0n) is 13.5. The summed E-state index contributed by atoms with van der Waals surface area (Å²) in [5, 5.41) is 6.14. The van der Waals surface area contributed by atoms with E-state index in [9.17, 15) is 14.0 Å². The van der Waals surface area contributed by atoms with E-state index in [0.717, 1.165) is 11.3 Å². The molecule has 0 aliphatic rings. The van der Waals surface area contributed by atoms with Crippen LogP contribution in [0.5, 0.6) is 0 Å². The van der Waals surface area contributed by atoms with E-state index >= 15 is 0 Å². The van der Waals surface area contributed by atoms with Gasteiger partial charge in [0.05, 0.1) is 5.69 Å². The normalized spacial score (nSPS) is 10.4. The van der Waals surface area contributed by atoms with Crippen LogP contribution in [0.15, 0.2) is 48.5 Å². The Labute approximate surface area is 157 Å². The summed E-state index contributed by atoms with van der Waals surface area (Å²) < 4.78 is 12.9. The van der Waals surface area contributed by atoms with Crippen LogP contribution in [0.3, 0.4) is 0 Å². The first-order valence-corrected chi connectivity index (χ1v) is 8.73. The van der Waals surface area contributed by atoms with Gasteiger partial charge in [-0.05, 0) is 49.4 Å². The highest BCUT2D eigenvalue weighted by Gasteiger charge is 2.17. The van der Waals surface area contributed by atoms with E-state index in [1.807, 2.05) is 0 Å². The summed E-state index contributed by atoms with van der Waals surface area (Å²) in [7, 11) is 0. The van der Waals surface area contributed by atoms with Gasteiger partial charge < -0.3 is 5.32 Å². The molecule has 0 radical (unpaired) electrons. The van der Waals surface area contributed by atoms with Crippen LogP contribution in [0, 0.1) is 12.7 Å². The molecule has 5 nitrogen and oxygen atoms in total. The van der Waals surface area contributed by atoms with E-state index in [1.165, 1.54) is 24.3 Å². The second-order valence-electron chi connectivity index (χ2n) is 5.36. The Morgan fingerprint density at radius 2 is 1.81 bits per heavy atom. The number of benzene rings is 2. The van der Waals surface area contributed by atoms with Crippen molar-refractivity contribution in [3.63, 3.8) is 0 Å². The van der Waals surface area contributed by atoms with Gasteiger partial charge in [-0.25, -0.2) is 9.37 Å². The second kappa shape index (κ2) is 7.63. The maximum atomic E-state index is 12.9. The predicted octanol–water partition coefficient (Wildman–Crippen LogP) is 4.75. The summed E-state index contributed by atoms with van der Waals surface area (Å²) in [6.45, 7) is 1.68. The fourth-order valence-corrected chi connectivity index (χ4v) is 3.23. The molecule has 1 aromatic heterocycles. The van der Waals surface area contributed by atoms with Gasteiger partial charge in [-0.1, -0.05) is 29.0 Å². The molecule has 0 unspecified atom stereocenters. The molecule has 132 valence electrons. The van der Waals surface area contributed by atoms with Crippen LogP contribution in [-0.4, -0.2) is 16.8 Å². The third kappa shape index (κ3) is 4.25. The quantitative estimate of drug-likeness (QED) is 0.676. The minimum absolute atomic E-state index is 0.285. The molecule has 1 heterocycles. The average molecular weight is 390 g/mol. The number of thiazole rings is 1. The second-order valence-corrected chi connectivity index (χ2v) is 6.79. The lowest BCUT2D eigenvalue weighted by molar-refractivity contribution is 0.102. The fourth-order valence-electron chi connectivity index (χ4n) is 2.19. The van der Waals surface area contributed by atoms with Crippen molar-refractivity contribution in [2.24, 2.45) is 0 Å². The molecule has 26 heavy (non-hydrogen) atoms. The van der Waals surface area contributed by atoms with Gasteiger partial charge in [-0.3, -0.25) is 14.9 Å². The lowest BCUT2D eigenvalue weighted by atomic mass is 10.2. The maximum Gasteiger partial charge on any atom is 0.267 e. The van der Waals surface area contributed by atoms with Gasteiger partial charge in [0, 0.05) is 16.3 Å². The number of hydrogen-bond acceptors (Lipinski definition) is 4. The van der Waals surface area contributed by atoms with Crippen molar-refractivity contribution in [2.75, 3.05) is 10.6 Å². The van der Waals surface area contributed by atoms with Gasteiger partial charge in [-0.15, -0.1) is 0 Å². The number of amides is 2. The SMILES string of the molecule is Cc1nc(NC(=O)c2ccc(F)cc2)sc1C(=O)Nc1cccc(Cl)c1.